The summed E-state index contributed by atoms with van der Waals surface area (Å²) >= 11 is 0. The van der Waals surface area contributed by atoms with Crippen molar-refractivity contribution in [3.63, 3.8) is 0 Å². The molecule has 27 heavy (non-hydrogen) atoms. The number of fused-ring (bicyclic) bond motifs is 1. The van der Waals surface area contributed by atoms with Crippen molar-refractivity contribution in [2.24, 2.45) is 0 Å². The zero-order valence-corrected chi connectivity index (χ0v) is 15.3. The van der Waals surface area contributed by atoms with Gasteiger partial charge in [-0.05, 0) is 18.2 Å². The molecular weight excluding hydrogens is 348 g/mol. The van der Waals surface area contributed by atoms with Crippen molar-refractivity contribution in [3.05, 3.63) is 76.9 Å². The van der Waals surface area contributed by atoms with E-state index in [2.05, 4.69) is 19.9 Å². The number of nitrogens with zero attached hydrogens (tertiary/aromatic N) is 4. The first-order chi connectivity index (χ1) is 13.0. The molecule has 0 bridgehead atoms. The normalized spacial score (nSPS) is 17.3. The largest absolute Gasteiger partial charge is 0.348 e. The number of nitrogens with one attached hydrogen (secondary N) is 1. The van der Waals surface area contributed by atoms with E-state index in [1.165, 1.54) is 18.2 Å². The van der Waals surface area contributed by atoms with E-state index in [1.54, 1.807) is 12.5 Å². The molecule has 1 N–H and O–H groups in total. The van der Waals surface area contributed by atoms with Crippen molar-refractivity contribution in [3.8, 4) is 0 Å². The van der Waals surface area contributed by atoms with Crippen molar-refractivity contribution in [2.75, 3.05) is 6.54 Å². The fraction of sp³-hybridized carbons (Fsp3) is 0.350. The summed E-state index contributed by atoms with van der Waals surface area (Å²) in [7, 11) is 0. The highest BCUT2D eigenvalue weighted by Crippen LogP contribution is 2.36. The van der Waals surface area contributed by atoms with Gasteiger partial charge in [-0.2, -0.15) is 0 Å². The lowest BCUT2D eigenvalue weighted by molar-refractivity contribution is 0.190. The average Bonchev–Trinajstić information content (AvgIpc) is 3.12. The Morgan fingerprint density at radius 1 is 1.19 bits per heavy atom. The van der Waals surface area contributed by atoms with Crippen LogP contribution in [-0.2, 0) is 13.0 Å². The minimum absolute atomic E-state index is 0.0312. The lowest BCUT2D eigenvalue weighted by Crippen LogP contribution is -2.37. The van der Waals surface area contributed by atoms with Crippen LogP contribution in [-0.4, -0.2) is 31.4 Å². The Labute approximate surface area is 156 Å². The Kier molecular flexibility index (Phi) is 4.70. The van der Waals surface area contributed by atoms with Crippen LogP contribution < -0.4 is 0 Å². The molecule has 5 nitrogen and oxygen atoms in total. The Hall–Kier alpha value is -2.67. The van der Waals surface area contributed by atoms with E-state index < -0.39 is 17.7 Å². The van der Waals surface area contributed by atoms with Gasteiger partial charge < -0.3 is 4.98 Å². The first kappa shape index (κ1) is 17.7. The maximum absolute atomic E-state index is 14.6. The van der Waals surface area contributed by atoms with Crippen molar-refractivity contribution >= 4 is 0 Å². The Morgan fingerprint density at radius 3 is 2.70 bits per heavy atom. The fourth-order valence-electron chi connectivity index (χ4n) is 3.57. The van der Waals surface area contributed by atoms with Gasteiger partial charge in [0, 0.05) is 42.9 Å². The van der Waals surface area contributed by atoms with E-state index in [9.17, 15) is 8.78 Å². The van der Waals surface area contributed by atoms with Gasteiger partial charge in [-0.25, -0.2) is 23.7 Å². The van der Waals surface area contributed by atoms with Crippen molar-refractivity contribution < 1.29 is 8.78 Å². The first-order valence-corrected chi connectivity index (χ1v) is 9.06. The number of benzene rings is 1. The molecule has 0 saturated heterocycles. The molecule has 0 amide bonds. The predicted octanol–water partition coefficient (Wildman–Crippen LogP) is 3.75. The van der Waals surface area contributed by atoms with Gasteiger partial charge in [-0.15, -0.1) is 0 Å². The van der Waals surface area contributed by atoms with E-state index in [4.69, 9.17) is 0 Å². The second-order valence-electron chi connectivity index (χ2n) is 7.09. The summed E-state index contributed by atoms with van der Waals surface area (Å²) in [6.45, 7) is 5.18. The number of hydrogen-bond acceptors (Lipinski definition) is 4. The SMILES string of the molecule is CC(C)c1nccc(CN2CCc3[nH]cnc3C2c2c(F)cccc2F)n1. The molecule has 1 unspecified atom stereocenters. The first-order valence-electron chi connectivity index (χ1n) is 9.06. The summed E-state index contributed by atoms with van der Waals surface area (Å²) < 4.78 is 29.2. The van der Waals surface area contributed by atoms with Crippen LogP contribution in [0.5, 0.6) is 0 Å². The highest BCUT2D eigenvalue weighted by Gasteiger charge is 2.34. The van der Waals surface area contributed by atoms with E-state index >= 15 is 0 Å². The number of hydrogen-bond donors (Lipinski definition) is 1. The third-order valence-electron chi connectivity index (χ3n) is 4.91. The van der Waals surface area contributed by atoms with Crippen LogP contribution in [0.15, 0.2) is 36.8 Å². The summed E-state index contributed by atoms with van der Waals surface area (Å²) in [6.07, 6.45) is 4.06. The molecule has 7 heteroatoms. The third-order valence-corrected chi connectivity index (χ3v) is 4.91. The topological polar surface area (TPSA) is 57.7 Å². The second-order valence-corrected chi connectivity index (χ2v) is 7.09. The molecule has 1 aromatic carbocycles. The quantitative estimate of drug-likeness (QED) is 0.761. The number of rotatable bonds is 4. The number of aromatic nitrogens is 4. The van der Waals surface area contributed by atoms with Gasteiger partial charge in [0.1, 0.15) is 17.5 Å². The number of aromatic amines is 1. The van der Waals surface area contributed by atoms with Gasteiger partial charge in [0.05, 0.1) is 23.8 Å². The molecule has 3 aromatic rings. The van der Waals surface area contributed by atoms with E-state index in [0.29, 0.717) is 18.8 Å². The van der Waals surface area contributed by atoms with E-state index in [-0.39, 0.29) is 11.5 Å². The summed E-state index contributed by atoms with van der Waals surface area (Å²) in [5.41, 5.74) is 2.45. The Bertz CT molecular complexity index is 933. The molecular formula is C20H21F2N5. The molecule has 0 saturated carbocycles. The summed E-state index contributed by atoms with van der Waals surface area (Å²) in [6, 6.07) is 5.21. The summed E-state index contributed by atoms with van der Waals surface area (Å²) in [4.78, 5) is 18.4. The van der Waals surface area contributed by atoms with Crippen LogP contribution >= 0.6 is 0 Å². The maximum Gasteiger partial charge on any atom is 0.131 e. The predicted molar refractivity (Wildman–Crippen MR) is 97.0 cm³/mol. The maximum atomic E-state index is 14.6. The summed E-state index contributed by atoms with van der Waals surface area (Å²) in [5.74, 6) is -0.152. The lowest BCUT2D eigenvalue weighted by Gasteiger charge is -2.35. The number of halogens is 2. The monoisotopic (exact) mass is 369 g/mol. The summed E-state index contributed by atoms with van der Waals surface area (Å²) in [5, 5.41) is 0. The van der Waals surface area contributed by atoms with Crippen LogP contribution in [0, 0.1) is 11.6 Å². The van der Waals surface area contributed by atoms with Crippen LogP contribution in [0.3, 0.4) is 0 Å². The van der Waals surface area contributed by atoms with Gasteiger partial charge in [0.25, 0.3) is 0 Å². The van der Waals surface area contributed by atoms with Crippen LogP contribution in [0.1, 0.15) is 54.3 Å². The van der Waals surface area contributed by atoms with Gasteiger partial charge in [0.15, 0.2) is 0 Å². The minimum Gasteiger partial charge on any atom is -0.348 e. The van der Waals surface area contributed by atoms with Crippen LogP contribution in [0.25, 0.3) is 0 Å². The molecule has 2 aromatic heterocycles. The molecule has 140 valence electrons. The van der Waals surface area contributed by atoms with Gasteiger partial charge in [0.2, 0.25) is 0 Å². The number of H-pyrrole nitrogens is 1. The molecule has 4 rings (SSSR count). The molecule has 1 aliphatic heterocycles. The molecule has 0 spiro atoms. The molecule has 1 atom stereocenters. The molecule has 0 fully saturated rings. The Balaban J connectivity index is 1.74. The highest BCUT2D eigenvalue weighted by molar-refractivity contribution is 5.34. The van der Waals surface area contributed by atoms with Crippen molar-refractivity contribution in [1.82, 2.24) is 24.8 Å². The molecule has 0 radical (unpaired) electrons. The molecule has 3 heterocycles. The fourth-order valence-corrected chi connectivity index (χ4v) is 3.57. The van der Waals surface area contributed by atoms with Crippen molar-refractivity contribution in [1.29, 1.82) is 0 Å². The van der Waals surface area contributed by atoms with Crippen molar-refractivity contribution in [2.45, 2.75) is 38.8 Å². The smallest absolute Gasteiger partial charge is 0.131 e. The zero-order valence-electron chi connectivity index (χ0n) is 15.3. The molecule has 0 aliphatic carbocycles. The average molecular weight is 369 g/mol. The Morgan fingerprint density at radius 2 is 1.96 bits per heavy atom. The third kappa shape index (κ3) is 3.35. The standard InChI is InChI=1S/C20H21F2N5/c1-12(2)20-23-8-6-13(26-20)10-27-9-7-16-18(25-11-24-16)19(27)17-14(21)4-3-5-15(17)22/h3-6,8,11-12,19H,7,9-10H2,1-2H3,(H,24,25). The molecule has 1 aliphatic rings. The van der Waals surface area contributed by atoms with Gasteiger partial charge in [-0.1, -0.05) is 19.9 Å². The number of imidazole rings is 1. The highest BCUT2D eigenvalue weighted by atomic mass is 19.1. The van der Waals surface area contributed by atoms with E-state index in [1.807, 2.05) is 24.8 Å². The van der Waals surface area contributed by atoms with Crippen LogP contribution in [0.4, 0.5) is 8.78 Å². The second kappa shape index (κ2) is 7.15. The minimum atomic E-state index is -0.598. The zero-order chi connectivity index (χ0) is 19.0. The lowest BCUT2D eigenvalue weighted by atomic mass is 9.94. The van der Waals surface area contributed by atoms with E-state index in [0.717, 1.165) is 23.6 Å². The van der Waals surface area contributed by atoms with Gasteiger partial charge >= 0.3 is 0 Å². The van der Waals surface area contributed by atoms with Crippen LogP contribution in [0.2, 0.25) is 0 Å². The van der Waals surface area contributed by atoms with Gasteiger partial charge in [-0.3, -0.25) is 4.90 Å².